The Morgan fingerprint density at radius 1 is 1.00 bits per heavy atom. The monoisotopic (exact) mass is 486 g/mol. The van der Waals surface area contributed by atoms with Gasteiger partial charge >= 0.3 is 0 Å². The number of hydrogen-bond acceptors (Lipinski definition) is 5. The first-order valence-corrected chi connectivity index (χ1v) is 11.2. The van der Waals surface area contributed by atoms with Gasteiger partial charge < -0.3 is 19.4 Å². The molecule has 3 aromatic rings. The van der Waals surface area contributed by atoms with Crippen molar-refractivity contribution >= 4 is 22.5 Å². The molecule has 3 aromatic carbocycles. The van der Waals surface area contributed by atoms with Gasteiger partial charge in [0.25, 0.3) is 5.56 Å². The number of benzene rings is 3. The van der Waals surface area contributed by atoms with Crippen LogP contribution in [0.15, 0.2) is 77.7 Å². The third-order valence-corrected chi connectivity index (χ3v) is 5.90. The van der Waals surface area contributed by atoms with Crippen LogP contribution in [0.4, 0.5) is 10.1 Å². The molecule has 8 nitrogen and oxygen atoms in total. The van der Waals surface area contributed by atoms with E-state index in [9.17, 15) is 14.0 Å². The van der Waals surface area contributed by atoms with Crippen LogP contribution in [0, 0.1) is 5.82 Å². The summed E-state index contributed by atoms with van der Waals surface area (Å²) in [4.78, 5) is 26.0. The highest BCUT2D eigenvalue weighted by Crippen LogP contribution is 2.30. The number of amides is 1. The molecule has 0 unspecified atom stereocenters. The Morgan fingerprint density at radius 3 is 2.58 bits per heavy atom. The lowest BCUT2D eigenvalue weighted by Crippen LogP contribution is -2.26. The number of carbonyl (C=O) groups is 1. The Bertz CT molecular complexity index is 1610. The summed E-state index contributed by atoms with van der Waals surface area (Å²) in [5, 5.41) is 8.00. The molecule has 0 bridgehead atoms. The number of aromatic nitrogens is 3. The van der Waals surface area contributed by atoms with E-state index in [1.807, 2.05) is 34.9 Å². The molecule has 0 saturated carbocycles. The number of anilines is 1. The van der Waals surface area contributed by atoms with E-state index in [1.165, 1.54) is 26.4 Å². The lowest BCUT2D eigenvalue weighted by atomic mass is 10.1. The number of nitrogens with zero attached hydrogens (tertiary/aromatic N) is 3. The summed E-state index contributed by atoms with van der Waals surface area (Å²) in [5.41, 5.74) is 2.60. The minimum atomic E-state index is -0.413. The molecule has 9 heteroatoms. The second kappa shape index (κ2) is 9.53. The summed E-state index contributed by atoms with van der Waals surface area (Å²) in [6, 6.07) is 18.9. The number of para-hydroxylation sites is 1. The zero-order valence-corrected chi connectivity index (χ0v) is 19.7. The lowest BCUT2D eigenvalue weighted by Gasteiger charge is -2.14. The minimum absolute atomic E-state index is 0.264. The topological polar surface area (TPSA) is 87.4 Å². The number of rotatable bonds is 7. The summed E-state index contributed by atoms with van der Waals surface area (Å²) in [7, 11) is 3.03. The highest BCUT2D eigenvalue weighted by atomic mass is 19.1. The van der Waals surface area contributed by atoms with Crippen LogP contribution >= 0.6 is 0 Å². The van der Waals surface area contributed by atoms with Gasteiger partial charge in [-0.05, 0) is 35.9 Å². The Kier molecular flexibility index (Phi) is 6.12. The van der Waals surface area contributed by atoms with Crippen LogP contribution < -0.4 is 20.3 Å². The van der Waals surface area contributed by atoms with Gasteiger partial charge in [0.2, 0.25) is 5.91 Å². The molecule has 0 aliphatic carbocycles. The fourth-order valence-corrected chi connectivity index (χ4v) is 4.25. The second-order valence-corrected chi connectivity index (χ2v) is 8.25. The van der Waals surface area contributed by atoms with Crippen molar-refractivity contribution in [3.8, 4) is 22.8 Å². The second-order valence-electron chi connectivity index (χ2n) is 8.25. The maximum atomic E-state index is 13.7. The number of pyridine rings is 1. The van der Waals surface area contributed by atoms with Crippen LogP contribution in [0.5, 0.6) is 11.5 Å². The van der Waals surface area contributed by atoms with E-state index in [0.717, 1.165) is 21.1 Å². The first kappa shape index (κ1) is 23.1. The fourth-order valence-electron chi connectivity index (χ4n) is 4.25. The van der Waals surface area contributed by atoms with Crippen LogP contribution in [0.3, 0.4) is 0 Å². The van der Waals surface area contributed by atoms with Gasteiger partial charge in [0, 0.05) is 29.9 Å². The molecular formula is C27H23FN4O4. The molecule has 0 fully saturated rings. The van der Waals surface area contributed by atoms with Crippen LogP contribution in [0.1, 0.15) is 5.56 Å². The number of carbonyl (C=O) groups excluding carboxylic acids is 1. The average molecular weight is 487 g/mol. The molecule has 2 aliphatic rings. The molecule has 182 valence electrons. The highest BCUT2D eigenvalue weighted by Gasteiger charge is 2.21. The zero-order valence-electron chi connectivity index (χ0n) is 19.7. The van der Waals surface area contributed by atoms with Crippen molar-refractivity contribution in [3.05, 3.63) is 94.7 Å². The van der Waals surface area contributed by atoms with Gasteiger partial charge in [0.15, 0.2) is 11.5 Å². The zero-order chi connectivity index (χ0) is 25.2. The Labute approximate surface area is 205 Å². The predicted octanol–water partition coefficient (Wildman–Crippen LogP) is 4.15. The van der Waals surface area contributed by atoms with Crippen molar-refractivity contribution < 1.29 is 18.7 Å². The van der Waals surface area contributed by atoms with E-state index >= 15 is 0 Å². The molecule has 2 aliphatic heterocycles. The molecule has 36 heavy (non-hydrogen) atoms. The standard InChI is InChI=1S/C27H23FN4O4/c1-35-23-11-10-19(13-24(23)36-2)29-25(33)16-32-27(34)21-15-31(14-17-6-5-7-18(28)12-17)22-9-4-3-8-20(22)26(21)30-32/h3-13,15H,14,16H2,1-2H3,(H,29,33). The molecule has 0 saturated heterocycles. The van der Waals surface area contributed by atoms with Crippen LogP contribution in [0.2, 0.25) is 0 Å². The van der Waals surface area contributed by atoms with Crippen molar-refractivity contribution in [2.24, 2.45) is 0 Å². The number of hydrogen-bond donors (Lipinski definition) is 1. The van der Waals surface area contributed by atoms with Gasteiger partial charge in [-0.3, -0.25) is 9.59 Å². The highest BCUT2D eigenvalue weighted by molar-refractivity contribution is 5.94. The van der Waals surface area contributed by atoms with Crippen molar-refractivity contribution in [1.82, 2.24) is 14.3 Å². The fraction of sp³-hybridized carbons (Fsp3) is 0.148. The third-order valence-electron chi connectivity index (χ3n) is 5.90. The van der Waals surface area contributed by atoms with Gasteiger partial charge in [-0.1, -0.05) is 30.3 Å². The summed E-state index contributed by atoms with van der Waals surface area (Å²) in [6.45, 7) is 0.110. The SMILES string of the molecule is COc1ccc(NC(=O)Cn2nc3c4ccccc4n(Cc4cccc(F)c4)cc-3c2=O)cc1OC. The molecule has 1 amide bonds. The molecular weight excluding hydrogens is 463 g/mol. The van der Waals surface area contributed by atoms with Gasteiger partial charge in [0.05, 0.1) is 25.3 Å². The Balaban J connectivity index is 1.48. The number of halogens is 1. The van der Waals surface area contributed by atoms with Crippen molar-refractivity contribution in [2.45, 2.75) is 13.1 Å². The summed E-state index contributed by atoms with van der Waals surface area (Å²) >= 11 is 0. The van der Waals surface area contributed by atoms with Gasteiger partial charge in [0.1, 0.15) is 18.1 Å². The molecule has 0 spiro atoms. The van der Waals surface area contributed by atoms with E-state index in [0.29, 0.717) is 35.0 Å². The number of ether oxygens (including phenoxy) is 2. The van der Waals surface area contributed by atoms with Gasteiger partial charge in [-0.15, -0.1) is 0 Å². The normalized spacial score (nSPS) is 11.1. The van der Waals surface area contributed by atoms with E-state index < -0.39 is 5.91 Å². The number of methoxy groups -OCH3 is 2. The molecule has 0 atom stereocenters. The Hall–Kier alpha value is -4.66. The van der Waals surface area contributed by atoms with Gasteiger partial charge in [-0.25, -0.2) is 9.07 Å². The molecule has 1 N–H and O–H groups in total. The molecule has 0 radical (unpaired) electrons. The van der Waals surface area contributed by atoms with Crippen molar-refractivity contribution in [2.75, 3.05) is 19.5 Å². The molecule has 2 heterocycles. The number of nitrogens with one attached hydrogen (secondary N) is 1. The largest absolute Gasteiger partial charge is 0.493 e. The van der Waals surface area contributed by atoms with Gasteiger partial charge in [-0.2, -0.15) is 5.10 Å². The van der Waals surface area contributed by atoms with Crippen LogP contribution in [0.25, 0.3) is 22.2 Å². The smallest absolute Gasteiger partial charge is 0.278 e. The summed E-state index contributed by atoms with van der Waals surface area (Å²) in [6.07, 6.45) is 1.71. The quantitative estimate of drug-likeness (QED) is 0.374. The van der Waals surface area contributed by atoms with E-state index in [4.69, 9.17) is 9.47 Å². The minimum Gasteiger partial charge on any atom is -0.493 e. The average Bonchev–Trinajstić information content (AvgIpc) is 3.19. The predicted molar refractivity (Wildman–Crippen MR) is 134 cm³/mol. The van der Waals surface area contributed by atoms with E-state index in [1.54, 1.807) is 30.5 Å². The maximum Gasteiger partial charge on any atom is 0.278 e. The summed E-state index contributed by atoms with van der Waals surface area (Å²) in [5.74, 6) is 0.272. The lowest BCUT2D eigenvalue weighted by molar-refractivity contribution is -0.116. The number of fused-ring (bicyclic) bond motifs is 3. The summed E-state index contributed by atoms with van der Waals surface area (Å²) < 4.78 is 27.3. The van der Waals surface area contributed by atoms with Crippen molar-refractivity contribution in [3.63, 3.8) is 0 Å². The Morgan fingerprint density at radius 2 is 1.81 bits per heavy atom. The van der Waals surface area contributed by atoms with E-state index in [2.05, 4.69) is 10.4 Å². The third kappa shape index (κ3) is 4.38. The van der Waals surface area contributed by atoms with Crippen LogP contribution in [-0.4, -0.2) is 34.5 Å². The first-order chi connectivity index (χ1) is 17.5. The molecule has 5 rings (SSSR count). The maximum absolute atomic E-state index is 13.7. The van der Waals surface area contributed by atoms with Crippen molar-refractivity contribution in [1.29, 1.82) is 0 Å². The van der Waals surface area contributed by atoms with E-state index in [-0.39, 0.29) is 17.9 Å². The van der Waals surface area contributed by atoms with Crippen LogP contribution in [-0.2, 0) is 17.9 Å². The first-order valence-electron chi connectivity index (χ1n) is 11.2. The molecule has 0 aromatic heterocycles.